The van der Waals surface area contributed by atoms with Crippen LogP contribution in [0.5, 0.6) is 0 Å². The molecule has 1 aromatic carbocycles. The van der Waals surface area contributed by atoms with E-state index in [-0.39, 0.29) is 6.04 Å². The number of nitrogens with one attached hydrogen (secondary N) is 1. The molecule has 4 heteroatoms. The highest BCUT2D eigenvalue weighted by molar-refractivity contribution is 6.30. The van der Waals surface area contributed by atoms with Crippen molar-refractivity contribution in [2.45, 2.75) is 25.3 Å². The number of aryl methyl sites for hydroxylation is 1. The monoisotopic (exact) mass is 247 g/mol. The van der Waals surface area contributed by atoms with Gasteiger partial charge in [0, 0.05) is 28.7 Å². The van der Waals surface area contributed by atoms with Gasteiger partial charge in [-0.2, -0.15) is 0 Å². The van der Waals surface area contributed by atoms with Gasteiger partial charge in [-0.3, -0.25) is 0 Å². The molecule has 0 saturated carbocycles. The van der Waals surface area contributed by atoms with Crippen LogP contribution in [0.25, 0.3) is 11.4 Å². The lowest BCUT2D eigenvalue weighted by molar-refractivity contribution is 0.565. The summed E-state index contributed by atoms with van der Waals surface area (Å²) in [4.78, 5) is 7.98. The van der Waals surface area contributed by atoms with Gasteiger partial charge < -0.3 is 10.7 Å². The summed E-state index contributed by atoms with van der Waals surface area (Å²) in [5, 5.41) is 0.730. The third-order valence-electron chi connectivity index (χ3n) is 3.18. The maximum atomic E-state index is 5.98. The highest BCUT2D eigenvalue weighted by Gasteiger charge is 2.19. The van der Waals surface area contributed by atoms with Gasteiger partial charge in [0.2, 0.25) is 0 Å². The zero-order valence-electron chi connectivity index (χ0n) is 9.41. The van der Waals surface area contributed by atoms with E-state index in [0.29, 0.717) is 0 Å². The molecule has 88 valence electrons. The van der Waals surface area contributed by atoms with Gasteiger partial charge in [0.25, 0.3) is 0 Å². The van der Waals surface area contributed by atoms with Crippen LogP contribution in [-0.4, -0.2) is 16.0 Å². The molecule has 1 heterocycles. The Kier molecular flexibility index (Phi) is 2.65. The molecule has 3 rings (SSSR count). The van der Waals surface area contributed by atoms with Crippen molar-refractivity contribution in [1.29, 1.82) is 0 Å². The van der Waals surface area contributed by atoms with Gasteiger partial charge in [-0.15, -0.1) is 0 Å². The molecule has 1 unspecified atom stereocenters. The van der Waals surface area contributed by atoms with E-state index in [1.165, 1.54) is 5.69 Å². The van der Waals surface area contributed by atoms with Crippen molar-refractivity contribution in [3.8, 4) is 11.4 Å². The first-order valence-electron chi connectivity index (χ1n) is 5.81. The first-order valence-corrected chi connectivity index (χ1v) is 6.19. The topological polar surface area (TPSA) is 54.7 Å². The summed E-state index contributed by atoms with van der Waals surface area (Å²) in [5.41, 5.74) is 9.31. The van der Waals surface area contributed by atoms with Crippen LogP contribution < -0.4 is 5.73 Å². The number of halogens is 1. The number of hydrogen-bond donors (Lipinski definition) is 2. The van der Waals surface area contributed by atoms with Crippen molar-refractivity contribution in [2.75, 3.05) is 0 Å². The molecular weight excluding hydrogens is 234 g/mol. The number of fused-ring (bicyclic) bond motifs is 1. The molecule has 1 atom stereocenters. The minimum Gasteiger partial charge on any atom is -0.342 e. The molecule has 1 aliphatic carbocycles. The van der Waals surface area contributed by atoms with Crippen LogP contribution in [0.1, 0.15) is 17.8 Å². The molecule has 1 aliphatic rings. The molecule has 3 N–H and O–H groups in total. The Morgan fingerprint density at radius 3 is 3.12 bits per heavy atom. The van der Waals surface area contributed by atoms with Crippen LogP contribution >= 0.6 is 11.6 Å². The SMILES string of the molecule is NC1CCc2nc(-c3cccc(Cl)c3)[nH]c2C1. The van der Waals surface area contributed by atoms with Crippen molar-refractivity contribution in [1.82, 2.24) is 9.97 Å². The van der Waals surface area contributed by atoms with E-state index in [4.69, 9.17) is 17.3 Å². The Hall–Kier alpha value is -1.32. The van der Waals surface area contributed by atoms with E-state index >= 15 is 0 Å². The summed E-state index contributed by atoms with van der Waals surface area (Å²) in [7, 11) is 0. The van der Waals surface area contributed by atoms with Gasteiger partial charge in [0.15, 0.2) is 0 Å². The van der Waals surface area contributed by atoms with E-state index in [2.05, 4.69) is 9.97 Å². The fourth-order valence-corrected chi connectivity index (χ4v) is 2.47. The number of aromatic nitrogens is 2. The van der Waals surface area contributed by atoms with Crippen LogP contribution in [0, 0.1) is 0 Å². The molecule has 3 nitrogen and oxygen atoms in total. The molecule has 0 aliphatic heterocycles. The van der Waals surface area contributed by atoms with Gasteiger partial charge in [0.05, 0.1) is 5.69 Å². The average Bonchev–Trinajstić information content (AvgIpc) is 2.72. The van der Waals surface area contributed by atoms with Crippen molar-refractivity contribution in [3.05, 3.63) is 40.7 Å². The molecule has 2 aromatic rings. The molecule has 0 radical (unpaired) electrons. The first-order chi connectivity index (χ1) is 8.22. The number of aromatic amines is 1. The van der Waals surface area contributed by atoms with Crippen LogP contribution in [-0.2, 0) is 12.8 Å². The summed E-state index contributed by atoms with van der Waals surface area (Å²) in [6.07, 6.45) is 2.88. The smallest absolute Gasteiger partial charge is 0.137 e. The number of benzene rings is 1. The Bertz CT molecular complexity index is 547. The van der Waals surface area contributed by atoms with Gasteiger partial charge in [-0.25, -0.2) is 4.98 Å². The third kappa shape index (κ3) is 2.08. The van der Waals surface area contributed by atoms with Crippen molar-refractivity contribution >= 4 is 11.6 Å². The Morgan fingerprint density at radius 1 is 1.41 bits per heavy atom. The summed E-state index contributed by atoms with van der Waals surface area (Å²) < 4.78 is 0. The molecule has 0 spiro atoms. The second kappa shape index (κ2) is 4.17. The molecule has 0 amide bonds. The van der Waals surface area contributed by atoms with Gasteiger partial charge in [-0.05, 0) is 25.0 Å². The minimum absolute atomic E-state index is 0.259. The van der Waals surface area contributed by atoms with Crippen molar-refractivity contribution in [3.63, 3.8) is 0 Å². The Morgan fingerprint density at radius 2 is 2.29 bits per heavy atom. The molecule has 17 heavy (non-hydrogen) atoms. The van der Waals surface area contributed by atoms with Crippen LogP contribution in [0.4, 0.5) is 0 Å². The number of nitrogens with two attached hydrogens (primary N) is 1. The zero-order chi connectivity index (χ0) is 11.8. The number of nitrogens with zero attached hydrogens (tertiary/aromatic N) is 1. The number of hydrogen-bond acceptors (Lipinski definition) is 2. The number of H-pyrrole nitrogens is 1. The number of imidazole rings is 1. The molecule has 0 fully saturated rings. The Labute approximate surface area is 105 Å². The predicted octanol–water partition coefficient (Wildman–Crippen LogP) is 2.55. The summed E-state index contributed by atoms with van der Waals surface area (Å²) in [6, 6.07) is 7.99. The van der Waals surface area contributed by atoms with Crippen LogP contribution in [0.2, 0.25) is 5.02 Å². The van der Waals surface area contributed by atoms with Crippen LogP contribution in [0.3, 0.4) is 0 Å². The first kappa shape index (κ1) is 10.8. The lowest BCUT2D eigenvalue weighted by Crippen LogP contribution is -2.27. The second-order valence-electron chi connectivity index (χ2n) is 4.52. The van der Waals surface area contributed by atoms with E-state index < -0.39 is 0 Å². The fourth-order valence-electron chi connectivity index (χ4n) is 2.28. The molecule has 0 saturated heterocycles. The lowest BCUT2D eigenvalue weighted by Gasteiger charge is -2.15. The summed E-state index contributed by atoms with van der Waals surface area (Å²) in [5.74, 6) is 0.895. The third-order valence-corrected chi connectivity index (χ3v) is 3.42. The van der Waals surface area contributed by atoms with Crippen molar-refractivity contribution < 1.29 is 0 Å². The van der Waals surface area contributed by atoms with Crippen LogP contribution in [0.15, 0.2) is 24.3 Å². The highest BCUT2D eigenvalue weighted by atomic mass is 35.5. The van der Waals surface area contributed by atoms with E-state index in [9.17, 15) is 0 Å². The highest BCUT2D eigenvalue weighted by Crippen LogP contribution is 2.25. The maximum absolute atomic E-state index is 5.98. The van der Waals surface area contributed by atoms with Gasteiger partial charge in [-0.1, -0.05) is 23.7 Å². The minimum atomic E-state index is 0.259. The fraction of sp³-hybridized carbons (Fsp3) is 0.308. The molecular formula is C13H14ClN3. The predicted molar refractivity (Wildman–Crippen MR) is 69.0 cm³/mol. The van der Waals surface area contributed by atoms with Gasteiger partial charge in [0.1, 0.15) is 5.82 Å². The maximum Gasteiger partial charge on any atom is 0.137 e. The average molecular weight is 248 g/mol. The quantitative estimate of drug-likeness (QED) is 0.814. The van der Waals surface area contributed by atoms with Gasteiger partial charge >= 0.3 is 0 Å². The van der Waals surface area contributed by atoms with E-state index in [1.54, 1.807) is 0 Å². The standard InChI is InChI=1S/C13H14ClN3/c14-9-3-1-2-8(6-9)13-16-11-5-4-10(15)7-12(11)17-13/h1-3,6,10H,4-5,7,15H2,(H,16,17). The van der Waals surface area contributed by atoms with E-state index in [1.807, 2.05) is 24.3 Å². The lowest BCUT2D eigenvalue weighted by atomic mass is 9.97. The Balaban J connectivity index is 2.00. The number of rotatable bonds is 1. The molecule has 0 bridgehead atoms. The van der Waals surface area contributed by atoms with Crippen molar-refractivity contribution in [2.24, 2.45) is 5.73 Å². The largest absolute Gasteiger partial charge is 0.342 e. The zero-order valence-corrected chi connectivity index (χ0v) is 10.2. The second-order valence-corrected chi connectivity index (χ2v) is 4.96. The molecule has 1 aromatic heterocycles. The summed E-state index contributed by atoms with van der Waals surface area (Å²) in [6.45, 7) is 0. The normalized spacial score (nSPS) is 19.1. The van der Waals surface area contributed by atoms with E-state index in [0.717, 1.165) is 41.4 Å². The summed E-state index contributed by atoms with van der Waals surface area (Å²) >= 11 is 5.98.